The van der Waals surface area contributed by atoms with Crippen LogP contribution in [-0.2, 0) is 0 Å². The van der Waals surface area contributed by atoms with Gasteiger partial charge in [0.25, 0.3) is 0 Å². The normalized spacial score (nSPS) is 11.1. The molecule has 0 radical (unpaired) electrons. The Kier molecular flexibility index (Phi) is 2.98. The summed E-state index contributed by atoms with van der Waals surface area (Å²) >= 11 is 18.0. The summed E-state index contributed by atoms with van der Waals surface area (Å²) in [5.41, 5.74) is 3.12. The molecule has 0 aliphatic heterocycles. The molecule has 1 heterocycles. The van der Waals surface area contributed by atoms with Crippen LogP contribution in [-0.4, -0.2) is 4.98 Å². The molecule has 18 heavy (non-hydrogen) atoms. The molecule has 0 saturated heterocycles. The highest BCUT2D eigenvalue weighted by molar-refractivity contribution is 6.42. The molecule has 0 spiro atoms. The minimum absolute atomic E-state index is 0.547. The van der Waals surface area contributed by atoms with Crippen LogP contribution in [0.2, 0.25) is 15.1 Å². The lowest BCUT2D eigenvalue weighted by Crippen LogP contribution is -1.77. The maximum absolute atomic E-state index is 6.04. The Bertz CT molecular complexity index is 731. The molecule has 0 saturated carbocycles. The lowest BCUT2D eigenvalue weighted by molar-refractivity contribution is 1.47. The zero-order valence-electron chi connectivity index (χ0n) is 9.18. The van der Waals surface area contributed by atoms with Gasteiger partial charge in [-0.05, 0) is 35.9 Å². The second kappa shape index (κ2) is 4.51. The van der Waals surface area contributed by atoms with Gasteiger partial charge in [0, 0.05) is 27.7 Å². The van der Waals surface area contributed by atoms with Crippen LogP contribution in [0.5, 0.6) is 0 Å². The van der Waals surface area contributed by atoms with Gasteiger partial charge in [-0.2, -0.15) is 0 Å². The van der Waals surface area contributed by atoms with E-state index in [9.17, 15) is 0 Å². The SMILES string of the molecule is Clc1ccc2[nH]cc(-c3ccc(Cl)c(Cl)c3)c2c1. The molecule has 1 N–H and O–H groups in total. The third-order valence-corrected chi connectivity index (χ3v) is 3.85. The predicted molar refractivity (Wildman–Crippen MR) is 78.8 cm³/mol. The van der Waals surface area contributed by atoms with Crippen molar-refractivity contribution in [2.45, 2.75) is 0 Å². The molecule has 3 rings (SSSR count). The van der Waals surface area contributed by atoms with Crippen molar-refractivity contribution in [2.75, 3.05) is 0 Å². The van der Waals surface area contributed by atoms with Crippen molar-refractivity contribution in [3.8, 4) is 11.1 Å². The fourth-order valence-electron chi connectivity index (χ4n) is 2.00. The van der Waals surface area contributed by atoms with Gasteiger partial charge >= 0.3 is 0 Å². The molecule has 1 aromatic heterocycles. The number of H-pyrrole nitrogens is 1. The van der Waals surface area contributed by atoms with E-state index in [1.807, 2.05) is 36.5 Å². The van der Waals surface area contributed by atoms with E-state index in [-0.39, 0.29) is 0 Å². The summed E-state index contributed by atoms with van der Waals surface area (Å²) in [5.74, 6) is 0. The molecular weight excluding hydrogens is 289 g/mol. The average molecular weight is 297 g/mol. The molecule has 0 amide bonds. The lowest BCUT2D eigenvalue weighted by Gasteiger charge is -2.02. The predicted octanol–water partition coefficient (Wildman–Crippen LogP) is 5.80. The number of rotatable bonds is 1. The molecular formula is C14H8Cl3N. The minimum atomic E-state index is 0.547. The first-order chi connectivity index (χ1) is 8.65. The highest BCUT2D eigenvalue weighted by Crippen LogP contribution is 2.33. The summed E-state index contributed by atoms with van der Waals surface area (Å²) in [7, 11) is 0. The standard InChI is InChI=1S/C14H8Cl3N/c15-9-2-4-14-10(6-9)11(7-18-14)8-1-3-12(16)13(17)5-8/h1-7,18H. The van der Waals surface area contributed by atoms with Gasteiger partial charge in [-0.3, -0.25) is 0 Å². The minimum Gasteiger partial charge on any atom is -0.361 e. The fourth-order valence-corrected chi connectivity index (χ4v) is 2.47. The number of hydrogen-bond donors (Lipinski definition) is 1. The van der Waals surface area contributed by atoms with Crippen LogP contribution in [0, 0.1) is 0 Å². The zero-order chi connectivity index (χ0) is 12.7. The molecule has 90 valence electrons. The number of nitrogens with one attached hydrogen (secondary N) is 1. The topological polar surface area (TPSA) is 15.8 Å². The summed E-state index contributed by atoms with van der Waals surface area (Å²) < 4.78 is 0. The van der Waals surface area contributed by atoms with Crippen LogP contribution in [0.15, 0.2) is 42.6 Å². The molecule has 0 aliphatic carbocycles. The van der Waals surface area contributed by atoms with Crippen LogP contribution in [0.4, 0.5) is 0 Å². The van der Waals surface area contributed by atoms with E-state index < -0.39 is 0 Å². The van der Waals surface area contributed by atoms with E-state index in [0.717, 1.165) is 22.0 Å². The van der Waals surface area contributed by atoms with Gasteiger partial charge in [0.1, 0.15) is 0 Å². The van der Waals surface area contributed by atoms with E-state index in [4.69, 9.17) is 34.8 Å². The molecule has 4 heteroatoms. The van der Waals surface area contributed by atoms with Crippen LogP contribution >= 0.6 is 34.8 Å². The van der Waals surface area contributed by atoms with Gasteiger partial charge in [-0.1, -0.05) is 40.9 Å². The van der Waals surface area contributed by atoms with Gasteiger partial charge in [-0.15, -0.1) is 0 Å². The van der Waals surface area contributed by atoms with Crippen molar-refractivity contribution < 1.29 is 0 Å². The second-order valence-electron chi connectivity index (χ2n) is 4.02. The van der Waals surface area contributed by atoms with E-state index >= 15 is 0 Å². The Morgan fingerprint density at radius 1 is 0.833 bits per heavy atom. The van der Waals surface area contributed by atoms with Crippen LogP contribution in [0.25, 0.3) is 22.0 Å². The first-order valence-electron chi connectivity index (χ1n) is 5.37. The number of benzene rings is 2. The quantitative estimate of drug-likeness (QED) is 0.584. The molecule has 0 unspecified atom stereocenters. The summed E-state index contributed by atoms with van der Waals surface area (Å²) in [4.78, 5) is 3.21. The Labute approximate surface area is 119 Å². The monoisotopic (exact) mass is 295 g/mol. The molecule has 2 aromatic carbocycles. The van der Waals surface area contributed by atoms with Gasteiger partial charge in [0.05, 0.1) is 10.0 Å². The largest absolute Gasteiger partial charge is 0.361 e. The number of halogens is 3. The first-order valence-corrected chi connectivity index (χ1v) is 6.50. The molecule has 0 fully saturated rings. The zero-order valence-corrected chi connectivity index (χ0v) is 11.4. The average Bonchev–Trinajstić information content (AvgIpc) is 2.75. The number of hydrogen-bond acceptors (Lipinski definition) is 0. The van der Waals surface area contributed by atoms with Crippen LogP contribution in [0.1, 0.15) is 0 Å². The van der Waals surface area contributed by atoms with Gasteiger partial charge in [0.2, 0.25) is 0 Å². The highest BCUT2D eigenvalue weighted by atomic mass is 35.5. The number of fused-ring (bicyclic) bond motifs is 1. The van der Waals surface area contributed by atoms with Crippen molar-refractivity contribution in [3.05, 3.63) is 57.7 Å². The smallest absolute Gasteiger partial charge is 0.0598 e. The molecule has 0 atom stereocenters. The Morgan fingerprint density at radius 3 is 2.44 bits per heavy atom. The van der Waals surface area contributed by atoms with Crippen molar-refractivity contribution in [2.24, 2.45) is 0 Å². The van der Waals surface area contributed by atoms with Crippen LogP contribution in [0.3, 0.4) is 0 Å². The van der Waals surface area contributed by atoms with E-state index in [0.29, 0.717) is 15.1 Å². The highest BCUT2D eigenvalue weighted by Gasteiger charge is 2.08. The fraction of sp³-hybridized carbons (Fsp3) is 0. The number of aromatic nitrogens is 1. The Balaban J connectivity index is 2.24. The van der Waals surface area contributed by atoms with Gasteiger partial charge in [0.15, 0.2) is 0 Å². The van der Waals surface area contributed by atoms with Crippen molar-refractivity contribution >= 4 is 45.7 Å². The molecule has 0 bridgehead atoms. The van der Waals surface area contributed by atoms with E-state index in [1.54, 1.807) is 6.07 Å². The lowest BCUT2D eigenvalue weighted by atomic mass is 10.1. The van der Waals surface area contributed by atoms with Crippen molar-refractivity contribution in [1.82, 2.24) is 4.98 Å². The molecule has 3 aromatic rings. The van der Waals surface area contributed by atoms with Gasteiger partial charge in [-0.25, -0.2) is 0 Å². The Morgan fingerprint density at radius 2 is 1.67 bits per heavy atom. The number of aromatic amines is 1. The third kappa shape index (κ3) is 1.99. The van der Waals surface area contributed by atoms with E-state index in [1.165, 1.54) is 0 Å². The second-order valence-corrected chi connectivity index (χ2v) is 5.27. The summed E-state index contributed by atoms with van der Waals surface area (Å²) in [6.07, 6.45) is 1.95. The molecule has 1 nitrogen and oxygen atoms in total. The third-order valence-electron chi connectivity index (χ3n) is 2.87. The van der Waals surface area contributed by atoms with E-state index in [2.05, 4.69) is 4.98 Å². The Hall–Kier alpha value is -1.15. The summed E-state index contributed by atoms with van der Waals surface area (Å²) in [6.45, 7) is 0. The first kappa shape index (κ1) is 11.9. The van der Waals surface area contributed by atoms with Gasteiger partial charge < -0.3 is 4.98 Å². The van der Waals surface area contributed by atoms with Crippen LogP contribution < -0.4 is 0 Å². The summed E-state index contributed by atoms with van der Waals surface area (Å²) in [6, 6.07) is 11.3. The summed E-state index contributed by atoms with van der Waals surface area (Å²) in [5, 5.41) is 2.88. The maximum Gasteiger partial charge on any atom is 0.0598 e. The van der Waals surface area contributed by atoms with Crippen molar-refractivity contribution in [3.63, 3.8) is 0 Å². The molecule has 0 aliphatic rings. The van der Waals surface area contributed by atoms with Crippen molar-refractivity contribution in [1.29, 1.82) is 0 Å². The maximum atomic E-state index is 6.04.